The van der Waals surface area contributed by atoms with Crippen LogP contribution in [0.25, 0.3) is 10.9 Å². The Morgan fingerprint density at radius 1 is 1.13 bits per heavy atom. The molecular formula is C23H25N3O4. The number of carbonyl (C=O) groups excluding carboxylic acids is 2. The molecule has 3 aromatic rings. The smallest absolute Gasteiger partial charge is 0.340 e. The molecule has 0 aliphatic carbocycles. The first-order valence-corrected chi connectivity index (χ1v) is 9.84. The number of fused-ring (bicyclic) bond motifs is 1. The number of esters is 1. The van der Waals surface area contributed by atoms with E-state index in [1.165, 1.54) is 0 Å². The standard InChI is InChI=1S/C23H25N3O4/c1-4-26-16(3)22(23(28)29-5-2)19-13-18(11-12-20(19)26)30-15-21(27)25-24-14-17-9-7-6-8-10-17/h6-14H,4-5,15H2,1-3H3,(H,25,27)/b24-14-. The lowest BCUT2D eigenvalue weighted by Crippen LogP contribution is -2.24. The van der Waals surface area contributed by atoms with Gasteiger partial charge in [-0.15, -0.1) is 0 Å². The zero-order valence-electron chi connectivity index (χ0n) is 17.3. The summed E-state index contributed by atoms with van der Waals surface area (Å²) in [6.45, 7) is 6.53. The van der Waals surface area contributed by atoms with Gasteiger partial charge in [-0.05, 0) is 44.5 Å². The van der Waals surface area contributed by atoms with Gasteiger partial charge in [-0.2, -0.15) is 5.10 Å². The Morgan fingerprint density at radius 2 is 1.90 bits per heavy atom. The van der Waals surface area contributed by atoms with Crippen molar-refractivity contribution in [1.82, 2.24) is 9.99 Å². The molecule has 1 aromatic heterocycles. The summed E-state index contributed by atoms with van der Waals surface area (Å²) in [4.78, 5) is 24.5. The molecule has 0 aliphatic rings. The lowest BCUT2D eigenvalue weighted by Gasteiger charge is -2.07. The first kappa shape index (κ1) is 21.1. The van der Waals surface area contributed by atoms with E-state index in [2.05, 4.69) is 15.1 Å². The summed E-state index contributed by atoms with van der Waals surface area (Å²) in [7, 11) is 0. The van der Waals surface area contributed by atoms with Crippen LogP contribution < -0.4 is 10.2 Å². The topological polar surface area (TPSA) is 81.9 Å². The maximum atomic E-state index is 12.5. The zero-order valence-corrected chi connectivity index (χ0v) is 17.3. The zero-order chi connectivity index (χ0) is 21.5. The van der Waals surface area contributed by atoms with Crippen molar-refractivity contribution < 1.29 is 19.1 Å². The molecule has 0 spiro atoms. The van der Waals surface area contributed by atoms with Gasteiger partial charge in [0, 0.05) is 23.1 Å². The van der Waals surface area contributed by atoms with Crippen LogP contribution in [0.1, 0.15) is 35.5 Å². The van der Waals surface area contributed by atoms with Crippen molar-refractivity contribution in [3.63, 3.8) is 0 Å². The highest BCUT2D eigenvalue weighted by molar-refractivity contribution is 6.06. The summed E-state index contributed by atoms with van der Waals surface area (Å²) in [5.41, 5.74) is 5.60. The molecule has 0 saturated heterocycles. The molecule has 1 amide bonds. The molecule has 2 aromatic carbocycles. The van der Waals surface area contributed by atoms with E-state index in [0.29, 0.717) is 17.9 Å². The summed E-state index contributed by atoms with van der Waals surface area (Å²) in [6, 6.07) is 14.9. The fourth-order valence-corrected chi connectivity index (χ4v) is 3.32. The molecule has 0 atom stereocenters. The van der Waals surface area contributed by atoms with E-state index in [9.17, 15) is 9.59 Å². The molecule has 1 heterocycles. The van der Waals surface area contributed by atoms with Gasteiger partial charge in [-0.3, -0.25) is 4.79 Å². The van der Waals surface area contributed by atoms with Crippen molar-refractivity contribution >= 4 is 29.0 Å². The summed E-state index contributed by atoms with van der Waals surface area (Å²) < 4.78 is 12.9. The first-order chi connectivity index (χ1) is 14.5. The Hall–Kier alpha value is -3.61. The lowest BCUT2D eigenvalue weighted by atomic mass is 10.1. The van der Waals surface area contributed by atoms with E-state index >= 15 is 0 Å². The Bertz CT molecular complexity index is 1070. The van der Waals surface area contributed by atoms with Crippen LogP contribution in [0.15, 0.2) is 53.6 Å². The first-order valence-electron chi connectivity index (χ1n) is 9.84. The summed E-state index contributed by atoms with van der Waals surface area (Å²) in [5, 5.41) is 4.66. The normalized spacial score (nSPS) is 11.0. The van der Waals surface area contributed by atoms with E-state index in [1.54, 1.807) is 25.3 Å². The van der Waals surface area contributed by atoms with Crippen LogP contribution in [0.2, 0.25) is 0 Å². The van der Waals surface area contributed by atoms with Crippen LogP contribution in [0.4, 0.5) is 0 Å². The summed E-state index contributed by atoms with van der Waals surface area (Å²) >= 11 is 0. The molecule has 0 fully saturated rings. The van der Waals surface area contributed by atoms with E-state index in [-0.39, 0.29) is 18.5 Å². The van der Waals surface area contributed by atoms with Crippen molar-refractivity contribution in [2.75, 3.05) is 13.2 Å². The number of aromatic nitrogens is 1. The molecule has 3 rings (SSSR count). The molecule has 0 bridgehead atoms. The molecular weight excluding hydrogens is 382 g/mol. The highest BCUT2D eigenvalue weighted by Gasteiger charge is 2.21. The van der Waals surface area contributed by atoms with Crippen LogP contribution >= 0.6 is 0 Å². The molecule has 7 heteroatoms. The maximum absolute atomic E-state index is 12.5. The van der Waals surface area contributed by atoms with Gasteiger partial charge in [-0.25, -0.2) is 10.2 Å². The number of benzene rings is 2. The van der Waals surface area contributed by atoms with Gasteiger partial charge in [0.25, 0.3) is 5.91 Å². The Labute approximate surface area is 175 Å². The van der Waals surface area contributed by atoms with Gasteiger partial charge >= 0.3 is 5.97 Å². The number of nitrogens with one attached hydrogen (secondary N) is 1. The van der Waals surface area contributed by atoms with E-state index in [4.69, 9.17) is 9.47 Å². The fraction of sp³-hybridized carbons (Fsp3) is 0.261. The SMILES string of the molecule is CCOC(=O)c1c(C)n(CC)c2ccc(OCC(=O)N/N=C\c3ccccc3)cc12. The van der Waals surface area contributed by atoms with Crippen molar-refractivity contribution in [1.29, 1.82) is 0 Å². The van der Waals surface area contributed by atoms with Crippen molar-refractivity contribution in [2.45, 2.75) is 27.3 Å². The highest BCUT2D eigenvalue weighted by atomic mass is 16.5. The minimum atomic E-state index is -0.379. The van der Waals surface area contributed by atoms with Gasteiger partial charge < -0.3 is 14.0 Å². The average Bonchev–Trinajstić information content (AvgIpc) is 3.03. The quantitative estimate of drug-likeness (QED) is 0.351. The third-order valence-electron chi connectivity index (χ3n) is 4.66. The van der Waals surface area contributed by atoms with Crippen molar-refractivity contribution in [3.05, 3.63) is 65.4 Å². The average molecular weight is 407 g/mol. The van der Waals surface area contributed by atoms with Gasteiger partial charge in [-0.1, -0.05) is 30.3 Å². The number of ether oxygens (including phenoxy) is 2. The minimum Gasteiger partial charge on any atom is -0.484 e. The van der Waals surface area contributed by atoms with E-state index in [0.717, 1.165) is 28.7 Å². The van der Waals surface area contributed by atoms with Gasteiger partial charge in [0.15, 0.2) is 6.61 Å². The Kier molecular flexibility index (Phi) is 6.85. The van der Waals surface area contributed by atoms with Crippen LogP contribution in [0.3, 0.4) is 0 Å². The number of rotatable bonds is 8. The van der Waals surface area contributed by atoms with Crippen molar-refractivity contribution in [3.8, 4) is 5.75 Å². The third-order valence-corrected chi connectivity index (χ3v) is 4.66. The van der Waals surface area contributed by atoms with Crippen LogP contribution in [-0.4, -0.2) is 35.9 Å². The minimum absolute atomic E-state index is 0.195. The second-order valence-electron chi connectivity index (χ2n) is 6.60. The number of amides is 1. The predicted octanol–water partition coefficient (Wildman–Crippen LogP) is 3.68. The second kappa shape index (κ2) is 9.73. The summed E-state index contributed by atoms with van der Waals surface area (Å²) in [6.07, 6.45) is 1.56. The molecule has 1 N–H and O–H groups in total. The Balaban J connectivity index is 1.72. The Morgan fingerprint density at radius 3 is 2.60 bits per heavy atom. The highest BCUT2D eigenvalue weighted by Crippen LogP contribution is 2.30. The number of aryl methyl sites for hydroxylation is 1. The third kappa shape index (κ3) is 4.68. The second-order valence-corrected chi connectivity index (χ2v) is 6.60. The fourth-order valence-electron chi connectivity index (χ4n) is 3.32. The molecule has 0 saturated carbocycles. The predicted molar refractivity (Wildman–Crippen MR) is 116 cm³/mol. The number of carbonyl (C=O) groups is 2. The maximum Gasteiger partial charge on any atom is 0.340 e. The number of hydrogen-bond acceptors (Lipinski definition) is 5. The molecule has 0 aliphatic heterocycles. The van der Waals surface area contributed by atoms with Gasteiger partial charge in [0.05, 0.1) is 18.4 Å². The van der Waals surface area contributed by atoms with Crippen LogP contribution in [0, 0.1) is 6.92 Å². The monoisotopic (exact) mass is 407 g/mol. The number of nitrogens with zero attached hydrogens (tertiary/aromatic N) is 2. The molecule has 0 unspecified atom stereocenters. The van der Waals surface area contributed by atoms with Crippen molar-refractivity contribution in [2.24, 2.45) is 5.10 Å². The summed E-state index contributed by atoms with van der Waals surface area (Å²) in [5.74, 6) is -0.254. The molecule has 7 nitrogen and oxygen atoms in total. The van der Waals surface area contributed by atoms with E-state index < -0.39 is 0 Å². The number of hydrazone groups is 1. The largest absolute Gasteiger partial charge is 0.484 e. The molecule has 0 radical (unpaired) electrons. The van der Waals surface area contributed by atoms with Gasteiger partial charge in [0.2, 0.25) is 0 Å². The van der Waals surface area contributed by atoms with Gasteiger partial charge in [0.1, 0.15) is 5.75 Å². The lowest BCUT2D eigenvalue weighted by molar-refractivity contribution is -0.123. The molecule has 156 valence electrons. The van der Waals surface area contributed by atoms with Crippen LogP contribution in [-0.2, 0) is 16.1 Å². The van der Waals surface area contributed by atoms with Crippen LogP contribution in [0.5, 0.6) is 5.75 Å². The number of hydrogen-bond donors (Lipinski definition) is 1. The van der Waals surface area contributed by atoms with E-state index in [1.807, 2.05) is 50.2 Å². The molecule has 30 heavy (non-hydrogen) atoms.